The maximum absolute atomic E-state index is 13.2. The van der Waals surface area contributed by atoms with E-state index in [9.17, 15) is 9.59 Å². The van der Waals surface area contributed by atoms with Crippen LogP contribution >= 0.6 is 34.8 Å². The lowest BCUT2D eigenvalue weighted by atomic mass is 10.00. The minimum Gasteiger partial charge on any atom is -0.480 e. The highest BCUT2D eigenvalue weighted by Crippen LogP contribution is 2.40. The van der Waals surface area contributed by atoms with E-state index in [0.717, 1.165) is 24.8 Å². The minimum absolute atomic E-state index is 0.0687. The van der Waals surface area contributed by atoms with Crippen molar-refractivity contribution in [2.75, 3.05) is 18.2 Å². The summed E-state index contributed by atoms with van der Waals surface area (Å²) in [5.41, 5.74) is 1.99. The van der Waals surface area contributed by atoms with Crippen molar-refractivity contribution >= 4 is 58.1 Å². The van der Waals surface area contributed by atoms with Gasteiger partial charge in [-0.1, -0.05) is 53.4 Å². The smallest absolute Gasteiger partial charge is 0.329 e. The quantitative estimate of drug-likeness (QED) is 0.486. The van der Waals surface area contributed by atoms with Crippen molar-refractivity contribution in [3.05, 3.63) is 63.1 Å². The van der Waals surface area contributed by atoms with Gasteiger partial charge in [0.2, 0.25) is 0 Å². The normalized spacial score (nSPS) is 22.0. The molecule has 0 bridgehead atoms. The van der Waals surface area contributed by atoms with Gasteiger partial charge in [-0.05, 0) is 48.7 Å². The molecule has 180 valence electrons. The highest BCUT2D eigenvalue weighted by Gasteiger charge is 2.36. The second-order valence-electron chi connectivity index (χ2n) is 8.44. The fourth-order valence-corrected chi connectivity index (χ4v) is 5.08. The number of benzene rings is 2. The SMILES string of the molecule is O=C(O)COCC1CCCC1NC(=O)C1=NN(c2ccc(Cl)cc2Cl)C(c2ccc(Cl)cc2)C1. The van der Waals surface area contributed by atoms with Crippen molar-refractivity contribution in [3.8, 4) is 0 Å². The largest absolute Gasteiger partial charge is 0.480 e. The molecule has 10 heteroatoms. The Balaban J connectivity index is 1.53. The van der Waals surface area contributed by atoms with Gasteiger partial charge < -0.3 is 15.2 Å². The number of hydrogen-bond donors (Lipinski definition) is 2. The van der Waals surface area contributed by atoms with Gasteiger partial charge in [0, 0.05) is 28.4 Å². The molecule has 1 aliphatic carbocycles. The van der Waals surface area contributed by atoms with Crippen LogP contribution in [0.1, 0.15) is 37.3 Å². The van der Waals surface area contributed by atoms with Crippen LogP contribution < -0.4 is 10.3 Å². The van der Waals surface area contributed by atoms with Crippen molar-refractivity contribution in [3.63, 3.8) is 0 Å². The third kappa shape index (κ3) is 5.84. The molecule has 1 amide bonds. The van der Waals surface area contributed by atoms with Gasteiger partial charge in [-0.25, -0.2) is 4.79 Å². The summed E-state index contributed by atoms with van der Waals surface area (Å²) in [6.07, 6.45) is 3.02. The van der Waals surface area contributed by atoms with Gasteiger partial charge in [-0.15, -0.1) is 0 Å². The number of nitrogens with one attached hydrogen (secondary N) is 1. The Morgan fingerprint density at radius 1 is 1.09 bits per heavy atom. The van der Waals surface area contributed by atoms with Crippen LogP contribution in [0.15, 0.2) is 47.6 Å². The van der Waals surface area contributed by atoms with E-state index < -0.39 is 5.97 Å². The summed E-state index contributed by atoms with van der Waals surface area (Å²) >= 11 is 18.6. The molecule has 1 aliphatic heterocycles. The number of anilines is 1. The molecule has 7 nitrogen and oxygen atoms in total. The molecule has 1 heterocycles. The average Bonchev–Trinajstić information content (AvgIpc) is 3.41. The maximum atomic E-state index is 13.2. The van der Waals surface area contributed by atoms with E-state index in [1.54, 1.807) is 35.3 Å². The Morgan fingerprint density at radius 3 is 2.53 bits per heavy atom. The number of nitrogens with zero attached hydrogens (tertiary/aromatic N) is 2. The zero-order valence-corrected chi connectivity index (χ0v) is 20.5. The Labute approximate surface area is 212 Å². The Bertz CT molecular complexity index is 1090. The number of halogens is 3. The molecule has 2 aromatic carbocycles. The Kier molecular flexibility index (Phi) is 7.99. The fourth-order valence-electron chi connectivity index (χ4n) is 4.46. The number of carbonyl (C=O) groups is 2. The molecule has 4 rings (SSSR count). The first kappa shape index (κ1) is 24.8. The number of carbonyl (C=O) groups excluding carboxylic acids is 1. The van der Waals surface area contributed by atoms with Crippen molar-refractivity contribution < 1.29 is 19.4 Å². The maximum Gasteiger partial charge on any atom is 0.329 e. The third-order valence-corrected chi connectivity index (χ3v) is 6.91. The van der Waals surface area contributed by atoms with E-state index >= 15 is 0 Å². The topological polar surface area (TPSA) is 91.2 Å². The standard InChI is InChI=1S/C24H24Cl3N3O4/c25-16-6-4-14(5-7-16)22-11-20(29-30(22)21-9-8-17(26)10-18(21)27)24(33)28-19-3-1-2-15(19)12-34-13-23(31)32/h4-10,15,19,22H,1-3,11-13H2,(H,28,33)(H,31,32). The van der Waals surface area contributed by atoms with E-state index in [1.807, 2.05) is 12.1 Å². The van der Waals surface area contributed by atoms with Gasteiger partial charge in [-0.3, -0.25) is 9.80 Å². The van der Waals surface area contributed by atoms with E-state index in [0.29, 0.717) is 39.5 Å². The second-order valence-corrected chi connectivity index (χ2v) is 9.72. The van der Waals surface area contributed by atoms with Crippen LogP contribution in [0.2, 0.25) is 15.1 Å². The lowest BCUT2D eigenvalue weighted by Gasteiger charge is -2.25. The minimum atomic E-state index is -1.01. The van der Waals surface area contributed by atoms with E-state index in [2.05, 4.69) is 10.4 Å². The predicted octanol–water partition coefficient (Wildman–Crippen LogP) is 5.34. The summed E-state index contributed by atoms with van der Waals surface area (Å²) in [5.74, 6) is -1.19. The monoisotopic (exact) mass is 523 g/mol. The van der Waals surface area contributed by atoms with E-state index in [4.69, 9.17) is 44.6 Å². The van der Waals surface area contributed by atoms with Gasteiger partial charge in [0.05, 0.1) is 23.4 Å². The molecule has 2 N–H and O–H groups in total. The zero-order chi connectivity index (χ0) is 24.2. The van der Waals surface area contributed by atoms with Crippen molar-refractivity contribution in [2.24, 2.45) is 11.0 Å². The van der Waals surface area contributed by atoms with Gasteiger partial charge in [0.25, 0.3) is 5.91 Å². The Hall–Kier alpha value is -2.32. The molecule has 1 fully saturated rings. The first-order valence-corrected chi connectivity index (χ1v) is 12.1. The van der Waals surface area contributed by atoms with Crippen LogP contribution in [0.4, 0.5) is 5.69 Å². The van der Waals surface area contributed by atoms with Gasteiger partial charge in [-0.2, -0.15) is 5.10 Å². The van der Waals surface area contributed by atoms with Crippen LogP contribution in [0.5, 0.6) is 0 Å². The number of aliphatic carboxylic acids is 1. The number of ether oxygens (including phenoxy) is 1. The van der Waals surface area contributed by atoms with Gasteiger partial charge >= 0.3 is 5.97 Å². The lowest BCUT2D eigenvalue weighted by molar-refractivity contribution is -0.142. The van der Waals surface area contributed by atoms with E-state index in [-0.39, 0.29) is 30.5 Å². The number of carboxylic acids is 1. The summed E-state index contributed by atoms with van der Waals surface area (Å²) in [7, 11) is 0. The number of carboxylic acid groups (broad SMARTS) is 1. The first-order chi connectivity index (χ1) is 16.3. The van der Waals surface area contributed by atoms with Crippen LogP contribution in [-0.4, -0.2) is 42.0 Å². The molecular weight excluding hydrogens is 501 g/mol. The van der Waals surface area contributed by atoms with Crippen molar-refractivity contribution in [1.29, 1.82) is 0 Å². The molecule has 1 saturated carbocycles. The van der Waals surface area contributed by atoms with Gasteiger partial charge in [0.15, 0.2) is 0 Å². The van der Waals surface area contributed by atoms with Crippen LogP contribution in [-0.2, 0) is 14.3 Å². The first-order valence-electron chi connectivity index (χ1n) is 11.0. The highest BCUT2D eigenvalue weighted by molar-refractivity contribution is 6.40. The fraction of sp³-hybridized carbons (Fsp3) is 0.375. The lowest BCUT2D eigenvalue weighted by Crippen LogP contribution is -2.42. The predicted molar refractivity (Wildman–Crippen MR) is 133 cm³/mol. The van der Waals surface area contributed by atoms with Crippen LogP contribution in [0, 0.1) is 5.92 Å². The van der Waals surface area contributed by atoms with Gasteiger partial charge in [0.1, 0.15) is 12.3 Å². The second kappa shape index (κ2) is 11.0. The highest BCUT2D eigenvalue weighted by atomic mass is 35.5. The summed E-state index contributed by atoms with van der Waals surface area (Å²) in [4.78, 5) is 23.9. The van der Waals surface area contributed by atoms with Crippen molar-refractivity contribution in [1.82, 2.24) is 5.32 Å². The van der Waals surface area contributed by atoms with Crippen LogP contribution in [0.25, 0.3) is 0 Å². The summed E-state index contributed by atoms with van der Waals surface area (Å²) in [5, 5.41) is 19.8. The van der Waals surface area contributed by atoms with Crippen molar-refractivity contribution in [2.45, 2.75) is 37.8 Å². The number of hydrogen-bond acceptors (Lipinski definition) is 5. The number of amides is 1. The molecule has 34 heavy (non-hydrogen) atoms. The molecule has 0 aromatic heterocycles. The van der Waals surface area contributed by atoms with E-state index in [1.165, 1.54) is 0 Å². The zero-order valence-electron chi connectivity index (χ0n) is 18.2. The Morgan fingerprint density at radius 2 is 1.82 bits per heavy atom. The molecule has 2 aromatic rings. The molecule has 3 atom stereocenters. The summed E-state index contributed by atoms with van der Waals surface area (Å²) in [6, 6.07) is 12.3. The van der Waals surface area contributed by atoms with Crippen LogP contribution in [0.3, 0.4) is 0 Å². The molecule has 0 spiro atoms. The molecule has 0 saturated heterocycles. The summed E-state index contributed by atoms with van der Waals surface area (Å²) in [6.45, 7) is -0.0485. The average molecular weight is 525 g/mol. The third-order valence-electron chi connectivity index (χ3n) is 6.12. The molecule has 2 aliphatic rings. The molecular formula is C24H24Cl3N3O4. The summed E-state index contributed by atoms with van der Waals surface area (Å²) < 4.78 is 5.27. The number of hydrazone groups is 1. The number of rotatable bonds is 8. The molecule has 0 radical (unpaired) electrons. The molecule has 3 unspecified atom stereocenters.